The van der Waals surface area contributed by atoms with Gasteiger partial charge in [0, 0.05) is 19.5 Å². The summed E-state index contributed by atoms with van der Waals surface area (Å²) >= 11 is 0. The van der Waals surface area contributed by atoms with Crippen LogP contribution in [0.1, 0.15) is 24.1 Å². The standard InChI is InChI=1S/C12H11F3N2O2/c1-6(18)16-9-7-4-3-5-8(12(13,14)15)10(7)17(2)11(9)19/h3-5,9H,1-2H3,(H,16,18)/t9-/m1/s1. The zero-order chi connectivity index (χ0) is 14.4. The van der Waals surface area contributed by atoms with Crippen molar-refractivity contribution in [1.82, 2.24) is 5.32 Å². The first-order valence-corrected chi connectivity index (χ1v) is 5.48. The van der Waals surface area contributed by atoms with E-state index in [1.165, 1.54) is 26.1 Å². The Hall–Kier alpha value is -2.05. The van der Waals surface area contributed by atoms with Crippen LogP contribution in [0.15, 0.2) is 18.2 Å². The molecule has 2 rings (SSSR count). The van der Waals surface area contributed by atoms with Crippen LogP contribution < -0.4 is 10.2 Å². The normalized spacial score (nSPS) is 18.5. The number of hydrogen-bond donors (Lipinski definition) is 1. The van der Waals surface area contributed by atoms with Gasteiger partial charge in [-0.05, 0) is 6.07 Å². The molecule has 1 aromatic carbocycles. The summed E-state index contributed by atoms with van der Waals surface area (Å²) in [4.78, 5) is 23.9. The molecule has 0 aliphatic carbocycles. The van der Waals surface area contributed by atoms with Crippen molar-refractivity contribution >= 4 is 17.5 Å². The van der Waals surface area contributed by atoms with Crippen LogP contribution in [0.5, 0.6) is 0 Å². The largest absolute Gasteiger partial charge is 0.418 e. The highest BCUT2D eigenvalue weighted by Gasteiger charge is 2.43. The summed E-state index contributed by atoms with van der Waals surface area (Å²) in [6.07, 6.45) is -4.55. The van der Waals surface area contributed by atoms with Gasteiger partial charge in [0.25, 0.3) is 5.91 Å². The number of nitrogens with zero attached hydrogens (tertiary/aromatic N) is 1. The fourth-order valence-corrected chi connectivity index (χ4v) is 2.18. The Morgan fingerprint density at radius 1 is 1.37 bits per heavy atom. The Labute approximate surface area is 107 Å². The van der Waals surface area contributed by atoms with Crippen LogP contribution in [0.4, 0.5) is 18.9 Å². The van der Waals surface area contributed by atoms with Gasteiger partial charge in [-0.3, -0.25) is 9.59 Å². The van der Waals surface area contributed by atoms with Gasteiger partial charge >= 0.3 is 6.18 Å². The second-order valence-corrected chi connectivity index (χ2v) is 4.27. The molecule has 1 N–H and O–H groups in total. The predicted molar refractivity (Wildman–Crippen MR) is 61.4 cm³/mol. The summed E-state index contributed by atoms with van der Waals surface area (Å²) in [5.74, 6) is -1.06. The summed E-state index contributed by atoms with van der Waals surface area (Å²) in [5.41, 5.74) is -0.912. The first kappa shape index (κ1) is 13.4. The number of halogens is 3. The van der Waals surface area contributed by atoms with Crippen LogP contribution in [0.2, 0.25) is 0 Å². The van der Waals surface area contributed by atoms with Gasteiger partial charge in [0.1, 0.15) is 6.04 Å². The molecule has 0 unspecified atom stereocenters. The third kappa shape index (κ3) is 2.16. The highest BCUT2D eigenvalue weighted by molar-refractivity contribution is 6.06. The lowest BCUT2D eigenvalue weighted by atomic mass is 10.0. The van der Waals surface area contributed by atoms with Crippen molar-refractivity contribution in [2.24, 2.45) is 0 Å². The molecule has 7 heteroatoms. The zero-order valence-corrected chi connectivity index (χ0v) is 10.2. The number of nitrogens with one attached hydrogen (secondary N) is 1. The van der Waals surface area contributed by atoms with Gasteiger partial charge in [0.05, 0.1) is 11.3 Å². The van der Waals surface area contributed by atoms with Gasteiger partial charge in [0.2, 0.25) is 5.91 Å². The molecule has 0 spiro atoms. The minimum atomic E-state index is -4.55. The Kier molecular flexibility index (Phi) is 3.00. The van der Waals surface area contributed by atoms with E-state index >= 15 is 0 Å². The quantitative estimate of drug-likeness (QED) is 0.848. The third-order valence-corrected chi connectivity index (χ3v) is 2.94. The van der Waals surface area contributed by atoms with Crippen molar-refractivity contribution in [2.75, 3.05) is 11.9 Å². The number of para-hydroxylation sites is 1. The van der Waals surface area contributed by atoms with E-state index in [1.54, 1.807) is 0 Å². The molecule has 0 bridgehead atoms. The predicted octanol–water partition coefficient (Wildman–Crippen LogP) is 1.86. The molecule has 2 amide bonds. The maximum Gasteiger partial charge on any atom is 0.418 e. The van der Waals surface area contributed by atoms with Crippen LogP contribution in [0.25, 0.3) is 0 Å². The Morgan fingerprint density at radius 2 is 2.00 bits per heavy atom. The van der Waals surface area contributed by atoms with Crippen molar-refractivity contribution in [1.29, 1.82) is 0 Å². The van der Waals surface area contributed by atoms with Gasteiger partial charge in [-0.25, -0.2) is 0 Å². The monoisotopic (exact) mass is 272 g/mol. The topological polar surface area (TPSA) is 49.4 Å². The van der Waals surface area contributed by atoms with Crippen LogP contribution in [0, 0.1) is 0 Å². The molecule has 0 fully saturated rings. The Balaban J connectivity index is 2.58. The Bertz CT molecular complexity index is 554. The number of benzene rings is 1. The molecule has 0 saturated carbocycles. The lowest BCUT2D eigenvalue weighted by Gasteiger charge is -2.16. The maximum atomic E-state index is 12.9. The van der Waals surface area contributed by atoms with Gasteiger partial charge < -0.3 is 10.2 Å². The number of alkyl halides is 3. The minimum Gasteiger partial charge on any atom is -0.341 e. The minimum absolute atomic E-state index is 0.164. The smallest absolute Gasteiger partial charge is 0.341 e. The van der Waals surface area contributed by atoms with E-state index in [9.17, 15) is 22.8 Å². The van der Waals surface area contributed by atoms with E-state index in [0.29, 0.717) is 0 Å². The number of amides is 2. The van der Waals surface area contributed by atoms with E-state index in [4.69, 9.17) is 0 Å². The molecule has 1 heterocycles. The van der Waals surface area contributed by atoms with Gasteiger partial charge in [-0.2, -0.15) is 13.2 Å². The van der Waals surface area contributed by atoms with E-state index in [2.05, 4.69) is 5.32 Å². The number of anilines is 1. The van der Waals surface area contributed by atoms with Gasteiger partial charge in [-0.1, -0.05) is 12.1 Å². The molecule has 0 saturated heterocycles. The van der Waals surface area contributed by atoms with Crippen molar-refractivity contribution in [3.63, 3.8) is 0 Å². The molecule has 0 aromatic heterocycles. The average molecular weight is 272 g/mol. The SMILES string of the molecule is CC(=O)N[C@H]1C(=O)N(C)c2c1cccc2C(F)(F)F. The molecule has 1 aliphatic heterocycles. The number of fused-ring (bicyclic) bond motifs is 1. The van der Waals surface area contributed by atoms with Gasteiger partial charge in [0.15, 0.2) is 0 Å². The van der Waals surface area contributed by atoms with Gasteiger partial charge in [-0.15, -0.1) is 0 Å². The summed E-state index contributed by atoms with van der Waals surface area (Å²) < 4.78 is 38.7. The van der Waals surface area contributed by atoms with Crippen LogP contribution >= 0.6 is 0 Å². The highest BCUT2D eigenvalue weighted by Crippen LogP contribution is 2.44. The molecular weight excluding hydrogens is 261 g/mol. The number of rotatable bonds is 1. The van der Waals surface area contributed by atoms with E-state index in [1.807, 2.05) is 0 Å². The first-order chi connectivity index (χ1) is 8.73. The van der Waals surface area contributed by atoms with E-state index < -0.39 is 29.6 Å². The van der Waals surface area contributed by atoms with Crippen molar-refractivity contribution in [3.05, 3.63) is 29.3 Å². The number of likely N-dealkylation sites (N-methyl/N-ethyl adjacent to an activating group) is 1. The third-order valence-electron chi connectivity index (χ3n) is 2.94. The summed E-state index contributed by atoms with van der Waals surface area (Å²) in [5, 5.41) is 2.36. The van der Waals surface area contributed by atoms with Crippen LogP contribution in [0.3, 0.4) is 0 Å². The molecule has 1 aliphatic rings. The van der Waals surface area contributed by atoms with Crippen molar-refractivity contribution in [3.8, 4) is 0 Å². The van der Waals surface area contributed by atoms with E-state index in [0.717, 1.165) is 11.0 Å². The molecule has 102 valence electrons. The van der Waals surface area contributed by atoms with Crippen molar-refractivity contribution < 1.29 is 22.8 Å². The summed E-state index contributed by atoms with van der Waals surface area (Å²) in [6.45, 7) is 1.21. The van der Waals surface area contributed by atoms with Crippen LogP contribution in [-0.4, -0.2) is 18.9 Å². The second-order valence-electron chi connectivity index (χ2n) is 4.27. The van der Waals surface area contributed by atoms with Crippen molar-refractivity contribution in [2.45, 2.75) is 19.1 Å². The number of hydrogen-bond acceptors (Lipinski definition) is 2. The maximum absolute atomic E-state index is 12.9. The number of carbonyl (C=O) groups is 2. The second kappa shape index (κ2) is 4.25. The number of carbonyl (C=O) groups excluding carboxylic acids is 2. The van der Waals surface area contributed by atoms with E-state index in [-0.39, 0.29) is 11.3 Å². The first-order valence-electron chi connectivity index (χ1n) is 5.48. The lowest BCUT2D eigenvalue weighted by molar-refractivity contribution is -0.137. The van der Waals surface area contributed by atoms with Crippen LogP contribution in [-0.2, 0) is 15.8 Å². The molecule has 1 aromatic rings. The fraction of sp³-hybridized carbons (Fsp3) is 0.333. The lowest BCUT2D eigenvalue weighted by Crippen LogP contribution is -2.34. The zero-order valence-electron chi connectivity index (χ0n) is 10.2. The fourth-order valence-electron chi connectivity index (χ4n) is 2.18. The molecule has 1 atom stereocenters. The molecule has 19 heavy (non-hydrogen) atoms. The summed E-state index contributed by atoms with van der Waals surface area (Å²) in [7, 11) is 1.26. The molecular formula is C12H11F3N2O2. The Morgan fingerprint density at radius 3 is 2.53 bits per heavy atom. The highest BCUT2D eigenvalue weighted by atomic mass is 19.4. The molecule has 0 radical (unpaired) electrons. The average Bonchev–Trinajstić information content (AvgIpc) is 2.53. The summed E-state index contributed by atoms with van der Waals surface area (Å²) in [6, 6.07) is 2.49. The molecule has 4 nitrogen and oxygen atoms in total.